The van der Waals surface area contributed by atoms with E-state index in [-0.39, 0.29) is 40.7 Å². The Kier molecular flexibility index (Phi) is 15.7. The van der Waals surface area contributed by atoms with Gasteiger partial charge >= 0.3 is 0 Å². The summed E-state index contributed by atoms with van der Waals surface area (Å²) >= 11 is -2.26. The molecule has 1 amide bonds. The van der Waals surface area contributed by atoms with E-state index in [1.807, 2.05) is 45.1 Å². The molecule has 0 bridgehead atoms. The predicted octanol–water partition coefficient (Wildman–Crippen LogP) is 8.30. The van der Waals surface area contributed by atoms with E-state index in [2.05, 4.69) is 14.6 Å². The highest BCUT2D eigenvalue weighted by Gasteiger charge is 2.46. The van der Waals surface area contributed by atoms with Gasteiger partial charge in [0.15, 0.2) is 5.71 Å². The highest BCUT2D eigenvalue weighted by Crippen LogP contribution is 2.52. The molecule has 0 aliphatic carbocycles. The van der Waals surface area contributed by atoms with Crippen molar-refractivity contribution >= 4 is 108 Å². The maximum absolute atomic E-state index is 13.5. The van der Waals surface area contributed by atoms with Crippen LogP contribution in [0.3, 0.4) is 0 Å². The van der Waals surface area contributed by atoms with Gasteiger partial charge in [-0.2, -0.15) is 38.2 Å². The molecule has 0 fully saturated rings. The van der Waals surface area contributed by atoms with Crippen LogP contribution in [-0.2, 0) is 69.1 Å². The standard InChI is InChI=1S/C53H55N5O15S5/c1-7-23-57-44-19-16-39-32(2)26-37(76(65,66)67)27-41(39)49(44)52(3,4)47(57)21-12-34(43-18-11-35(31-54-43)51(59)55-30-33-9-14-36(15-10-33)56-74(60)61)13-22-48-53(5,6)50-42-28-38(77(68,69)70)29-46(78(71,72)73)40(42)17-20-45(50)58(48)24-8-25-75(62,63)64/h9-22,26-29,31,56H,7-8,23-25,30H2,1-6H3,(H5-,55,59,60,61,62,63,64,65,66,67,68,69,70,71,72,73)/p+1. The molecule has 8 rings (SSSR count). The summed E-state index contributed by atoms with van der Waals surface area (Å²) in [5, 5.41) is 4.24. The third-order valence-corrected chi connectivity index (χ3v) is 17.7. The Bertz CT molecular complexity index is 4100. The minimum absolute atomic E-state index is 0.0362. The lowest BCUT2D eigenvalue weighted by Gasteiger charge is -2.27. The number of benzene rings is 5. The number of carbonyl (C=O) groups excluding carboxylic acids is 1. The molecular formula is C53H56N5O15S5+. The zero-order valence-corrected chi connectivity index (χ0v) is 47.0. The molecule has 1 unspecified atom stereocenters. The molecule has 2 aliphatic rings. The summed E-state index contributed by atoms with van der Waals surface area (Å²) < 4.78 is 165. The second kappa shape index (κ2) is 21.3. The molecule has 1 atom stereocenters. The topological polar surface area (TPSA) is 315 Å². The molecule has 7 N–H and O–H groups in total. The molecular weight excluding hydrogens is 1110 g/mol. The lowest BCUT2D eigenvalue weighted by molar-refractivity contribution is -0.437. The van der Waals surface area contributed by atoms with Gasteiger partial charge in [-0.15, -0.1) is 0 Å². The van der Waals surface area contributed by atoms with Gasteiger partial charge in [0.1, 0.15) is 11.4 Å². The zero-order valence-electron chi connectivity index (χ0n) is 42.9. The molecule has 0 saturated carbocycles. The Morgan fingerprint density at radius 3 is 2.00 bits per heavy atom. The van der Waals surface area contributed by atoms with Crippen LogP contribution in [0.15, 0.2) is 136 Å². The van der Waals surface area contributed by atoms with Gasteiger partial charge in [0.05, 0.1) is 32.2 Å². The molecule has 0 spiro atoms. The fourth-order valence-electron chi connectivity index (χ4n) is 10.5. The van der Waals surface area contributed by atoms with Crippen LogP contribution in [0.2, 0.25) is 0 Å². The number of hydrogen-bond acceptors (Lipinski definition) is 12. The van der Waals surface area contributed by atoms with Gasteiger partial charge in [0.2, 0.25) is 5.69 Å². The average Bonchev–Trinajstić information content (AvgIpc) is 3.70. The van der Waals surface area contributed by atoms with Gasteiger partial charge in [-0.1, -0.05) is 45.0 Å². The Morgan fingerprint density at radius 2 is 1.41 bits per heavy atom. The highest BCUT2D eigenvalue weighted by atomic mass is 32.2. The number of fused-ring (bicyclic) bond motifs is 6. The summed E-state index contributed by atoms with van der Waals surface area (Å²) in [6.07, 6.45) is 9.17. The number of aromatic nitrogens is 1. The molecule has 78 heavy (non-hydrogen) atoms. The summed E-state index contributed by atoms with van der Waals surface area (Å²) in [6.45, 7) is 11.9. The number of amides is 1. The number of anilines is 2. The first kappa shape index (κ1) is 57.6. The zero-order chi connectivity index (χ0) is 57.1. The van der Waals surface area contributed by atoms with Crippen LogP contribution < -0.4 is 14.9 Å². The highest BCUT2D eigenvalue weighted by molar-refractivity contribution is 7.87. The molecule has 25 heteroatoms. The maximum atomic E-state index is 13.5. The van der Waals surface area contributed by atoms with Gasteiger partial charge in [0.25, 0.3) is 57.6 Å². The van der Waals surface area contributed by atoms with Crippen molar-refractivity contribution in [1.29, 1.82) is 0 Å². The van der Waals surface area contributed by atoms with E-state index in [9.17, 15) is 60.9 Å². The predicted molar refractivity (Wildman–Crippen MR) is 298 cm³/mol. The van der Waals surface area contributed by atoms with Gasteiger partial charge in [-0.3, -0.25) is 37.3 Å². The Morgan fingerprint density at radius 1 is 0.769 bits per heavy atom. The van der Waals surface area contributed by atoms with Crippen LogP contribution in [0.5, 0.6) is 0 Å². The third-order valence-electron chi connectivity index (χ3n) is 13.9. The van der Waals surface area contributed by atoms with Crippen LogP contribution in [0.4, 0.5) is 17.1 Å². The van der Waals surface area contributed by atoms with Crippen molar-refractivity contribution in [1.82, 2.24) is 10.3 Å². The number of allylic oxidation sites excluding steroid dienone is 6. The van der Waals surface area contributed by atoms with Crippen molar-refractivity contribution in [3.63, 3.8) is 0 Å². The summed E-state index contributed by atoms with van der Waals surface area (Å²) in [5.74, 6) is -1.10. The van der Waals surface area contributed by atoms with Gasteiger partial charge in [-0.05, 0) is 133 Å². The van der Waals surface area contributed by atoms with E-state index in [1.54, 1.807) is 80.3 Å². The number of aryl methyl sites for hydroxylation is 1. The molecule has 0 saturated heterocycles. The molecule has 1 aromatic heterocycles. The van der Waals surface area contributed by atoms with Gasteiger partial charge < -0.3 is 10.2 Å². The lowest BCUT2D eigenvalue weighted by Crippen LogP contribution is -2.28. The number of rotatable bonds is 18. The summed E-state index contributed by atoms with van der Waals surface area (Å²) in [7, 11) is -19.1. The molecule has 5 aromatic carbocycles. The fraction of sp³-hybridized carbons (Fsp3) is 0.264. The van der Waals surface area contributed by atoms with E-state index >= 15 is 0 Å². The molecule has 0 radical (unpaired) electrons. The number of nitrogens with zero attached hydrogens (tertiary/aromatic N) is 3. The third kappa shape index (κ3) is 11.8. The first-order valence-electron chi connectivity index (χ1n) is 24.1. The van der Waals surface area contributed by atoms with Crippen LogP contribution >= 0.6 is 0 Å². The van der Waals surface area contributed by atoms with Crippen molar-refractivity contribution in [2.24, 2.45) is 0 Å². The Labute approximate surface area is 454 Å². The number of carbonyl (C=O) groups is 1. The smallest absolute Gasteiger partial charge is 0.295 e. The van der Waals surface area contributed by atoms with Crippen molar-refractivity contribution in [3.05, 3.63) is 155 Å². The maximum Gasteiger partial charge on any atom is 0.295 e. The van der Waals surface area contributed by atoms with Crippen LogP contribution in [0, 0.1) is 6.92 Å². The Hall–Kier alpha value is -6.52. The molecule has 20 nitrogen and oxygen atoms in total. The van der Waals surface area contributed by atoms with E-state index in [1.165, 1.54) is 24.4 Å². The van der Waals surface area contributed by atoms with E-state index in [0.29, 0.717) is 69.4 Å². The monoisotopic (exact) mass is 1160 g/mol. The van der Waals surface area contributed by atoms with Crippen molar-refractivity contribution in [3.8, 4) is 0 Å². The van der Waals surface area contributed by atoms with E-state index in [0.717, 1.165) is 28.4 Å². The van der Waals surface area contributed by atoms with Gasteiger partial charge in [0, 0.05) is 76.9 Å². The fourth-order valence-corrected chi connectivity index (χ4v) is 13.2. The molecule has 3 heterocycles. The average molecular weight is 1160 g/mol. The van der Waals surface area contributed by atoms with Crippen molar-refractivity contribution in [2.75, 3.05) is 28.5 Å². The number of hydrogen-bond donors (Lipinski definition) is 7. The minimum Gasteiger partial charge on any atom is -0.348 e. The number of pyridine rings is 1. The van der Waals surface area contributed by atoms with E-state index in [4.69, 9.17) is 9.54 Å². The molecule has 2 aliphatic heterocycles. The second-order valence-corrected chi connectivity index (χ2v) is 26.5. The number of nitrogens with one attached hydrogen (secondary N) is 2. The second-order valence-electron chi connectivity index (χ2n) is 19.9. The van der Waals surface area contributed by atoms with Crippen LogP contribution in [0.25, 0.3) is 27.1 Å². The summed E-state index contributed by atoms with van der Waals surface area (Å²) in [6, 6.07) is 21.2. The van der Waals surface area contributed by atoms with Gasteiger partial charge in [-0.25, -0.2) is 4.21 Å². The minimum atomic E-state index is -5.08. The van der Waals surface area contributed by atoms with E-state index < -0.39 is 84.0 Å². The normalized spacial score (nSPS) is 16.6. The quantitative estimate of drug-likeness (QED) is 0.0184. The van der Waals surface area contributed by atoms with Crippen molar-refractivity contribution < 1.29 is 70.0 Å². The molecule has 6 aromatic rings. The van der Waals surface area contributed by atoms with Crippen molar-refractivity contribution in [2.45, 2.75) is 86.4 Å². The first-order valence-corrected chi connectivity index (χ1v) is 31.2. The summed E-state index contributed by atoms with van der Waals surface area (Å²) in [5.41, 5.74) is 4.50. The largest absolute Gasteiger partial charge is 0.348 e. The first-order chi connectivity index (χ1) is 36.3. The van der Waals surface area contributed by atoms with Crippen LogP contribution in [-0.4, -0.2) is 101 Å². The molecule has 412 valence electrons. The lowest BCUT2D eigenvalue weighted by atomic mass is 9.78. The summed E-state index contributed by atoms with van der Waals surface area (Å²) in [4.78, 5) is 18.1. The Balaban J connectivity index is 1.29. The van der Waals surface area contributed by atoms with Crippen LogP contribution in [0.1, 0.15) is 85.8 Å². The SMILES string of the molecule is CCC[N+]1=C(/C=C/C(=C/C=C2/N(CCCS(=O)(=O)O)c3ccc4c(S(=O)(=O)O)cc(S(=O)(=O)O)cc4c3C2(C)C)c2ccc(C(=O)NCc3ccc(NS(=O)O)cc3)cn2)C(C)(C)c2c1ccc1c(C)cc(S(=O)(=O)O)cc21.